The van der Waals surface area contributed by atoms with Gasteiger partial charge in [0.25, 0.3) is 11.8 Å². The van der Waals surface area contributed by atoms with Gasteiger partial charge in [-0.3, -0.25) is 9.59 Å². The second-order valence-corrected chi connectivity index (χ2v) is 6.17. The summed E-state index contributed by atoms with van der Waals surface area (Å²) >= 11 is 3.18. The first kappa shape index (κ1) is 18.2. The van der Waals surface area contributed by atoms with Crippen LogP contribution in [0.25, 0.3) is 0 Å². The highest BCUT2D eigenvalue weighted by Crippen LogP contribution is 2.23. The Morgan fingerprint density at radius 1 is 1.25 bits per heavy atom. The fourth-order valence-electron chi connectivity index (χ4n) is 2.11. The van der Waals surface area contributed by atoms with Crippen LogP contribution in [0.1, 0.15) is 27.8 Å². The zero-order valence-corrected chi connectivity index (χ0v) is 15.4. The van der Waals surface area contributed by atoms with Gasteiger partial charge in [-0.05, 0) is 54.2 Å². The van der Waals surface area contributed by atoms with E-state index in [0.29, 0.717) is 22.5 Å². The van der Waals surface area contributed by atoms with Gasteiger partial charge in [0.05, 0.1) is 11.3 Å². The maximum Gasteiger partial charge on any atom is 0.293 e. The molecule has 2 N–H and O–H groups in total. The monoisotopic (exact) mass is 393 g/mol. The largest absolute Gasteiger partial charge is 0.444 e. The van der Waals surface area contributed by atoms with Crippen LogP contribution in [0.5, 0.6) is 0 Å². The molecule has 0 aliphatic carbocycles. The molecule has 0 bridgehead atoms. The highest BCUT2D eigenvalue weighted by Gasteiger charge is 2.21. The molecule has 1 atom stereocenters. The molecule has 7 heteroatoms. The first-order chi connectivity index (χ1) is 11.4. The second-order valence-electron chi connectivity index (χ2n) is 5.38. The lowest BCUT2D eigenvalue weighted by Crippen LogP contribution is -2.38. The molecule has 2 aromatic rings. The third-order valence-corrected chi connectivity index (χ3v) is 4.09. The number of anilines is 1. The predicted octanol–water partition coefficient (Wildman–Crippen LogP) is 2.66. The molecule has 0 aliphatic rings. The van der Waals surface area contributed by atoms with Crippen LogP contribution in [0.3, 0.4) is 0 Å². The summed E-state index contributed by atoms with van der Waals surface area (Å²) in [6.45, 7) is 2.46. The maximum absolute atomic E-state index is 12.5. The number of nitrogens with one attached hydrogen (secondary N) is 2. The van der Waals surface area contributed by atoms with Crippen molar-refractivity contribution >= 4 is 33.4 Å². The van der Waals surface area contributed by atoms with E-state index in [4.69, 9.17) is 4.42 Å². The Balaban J connectivity index is 2.21. The van der Waals surface area contributed by atoms with Crippen molar-refractivity contribution in [2.75, 3.05) is 25.5 Å². The Hall–Kier alpha value is -2.12. The molecule has 1 aromatic heterocycles. The molecule has 0 fully saturated rings. The number of hydrogen-bond acceptors (Lipinski definition) is 4. The van der Waals surface area contributed by atoms with E-state index in [9.17, 15) is 9.59 Å². The van der Waals surface area contributed by atoms with Gasteiger partial charge in [-0.2, -0.15) is 0 Å². The molecule has 0 saturated heterocycles. The molecule has 0 spiro atoms. The topological polar surface area (TPSA) is 74.6 Å². The SMILES string of the molecule is CNC(C)CNC(=O)c1ccccc1N(C)C(=O)c1ccc(Br)o1. The van der Waals surface area contributed by atoms with Crippen LogP contribution in [-0.4, -0.2) is 38.5 Å². The molecular formula is C17H20BrN3O3. The van der Waals surface area contributed by atoms with E-state index in [2.05, 4.69) is 26.6 Å². The Kier molecular flexibility index (Phi) is 6.16. The van der Waals surface area contributed by atoms with Gasteiger partial charge in [0.1, 0.15) is 0 Å². The average Bonchev–Trinajstić information content (AvgIpc) is 3.04. The molecule has 128 valence electrons. The lowest BCUT2D eigenvalue weighted by molar-refractivity contribution is 0.0950. The van der Waals surface area contributed by atoms with Crippen LogP contribution in [0.4, 0.5) is 5.69 Å². The van der Waals surface area contributed by atoms with Gasteiger partial charge in [-0.1, -0.05) is 12.1 Å². The van der Waals surface area contributed by atoms with E-state index in [1.165, 1.54) is 4.90 Å². The van der Waals surface area contributed by atoms with Crippen molar-refractivity contribution in [3.63, 3.8) is 0 Å². The van der Waals surface area contributed by atoms with Crippen LogP contribution in [-0.2, 0) is 0 Å². The first-order valence-electron chi connectivity index (χ1n) is 7.52. The van der Waals surface area contributed by atoms with Gasteiger partial charge in [0, 0.05) is 19.6 Å². The number of amides is 2. The molecule has 0 saturated carbocycles. The van der Waals surface area contributed by atoms with Gasteiger partial charge in [-0.25, -0.2) is 0 Å². The minimum absolute atomic E-state index is 0.154. The first-order valence-corrected chi connectivity index (χ1v) is 8.31. The predicted molar refractivity (Wildman–Crippen MR) is 96.4 cm³/mol. The Morgan fingerprint density at radius 2 is 1.96 bits per heavy atom. The van der Waals surface area contributed by atoms with Crippen LogP contribution in [0.15, 0.2) is 45.5 Å². The number of benzene rings is 1. The molecule has 1 aromatic carbocycles. The normalized spacial score (nSPS) is 11.8. The van der Waals surface area contributed by atoms with Gasteiger partial charge < -0.3 is 20.0 Å². The van der Waals surface area contributed by atoms with Crippen molar-refractivity contribution in [3.05, 3.63) is 52.4 Å². The van der Waals surface area contributed by atoms with Gasteiger partial charge in [-0.15, -0.1) is 0 Å². The van der Waals surface area contributed by atoms with Crippen LogP contribution in [0, 0.1) is 0 Å². The molecular weight excluding hydrogens is 374 g/mol. The minimum atomic E-state index is -0.329. The summed E-state index contributed by atoms with van der Waals surface area (Å²) in [6, 6.07) is 10.4. The van der Waals surface area contributed by atoms with E-state index in [-0.39, 0.29) is 23.6 Å². The maximum atomic E-state index is 12.5. The molecule has 24 heavy (non-hydrogen) atoms. The molecule has 2 rings (SSSR count). The van der Waals surface area contributed by atoms with Crippen molar-refractivity contribution in [1.82, 2.24) is 10.6 Å². The Labute approximate surface area is 149 Å². The van der Waals surface area contributed by atoms with Crippen LogP contribution < -0.4 is 15.5 Å². The average molecular weight is 394 g/mol. The quantitative estimate of drug-likeness (QED) is 0.790. The third kappa shape index (κ3) is 4.24. The van der Waals surface area contributed by atoms with E-state index >= 15 is 0 Å². The van der Waals surface area contributed by atoms with Gasteiger partial charge >= 0.3 is 0 Å². The van der Waals surface area contributed by atoms with E-state index < -0.39 is 0 Å². The summed E-state index contributed by atoms with van der Waals surface area (Å²) in [6.07, 6.45) is 0. The van der Waals surface area contributed by atoms with E-state index in [1.54, 1.807) is 43.4 Å². The highest BCUT2D eigenvalue weighted by molar-refractivity contribution is 9.10. The number of carbonyl (C=O) groups is 2. The highest BCUT2D eigenvalue weighted by atomic mass is 79.9. The molecule has 6 nitrogen and oxygen atoms in total. The summed E-state index contributed by atoms with van der Waals surface area (Å²) in [5.41, 5.74) is 0.951. The molecule has 1 unspecified atom stereocenters. The van der Waals surface area contributed by atoms with Crippen LogP contribution >= 0.6 is 15.9 Å². The Bertz CT molecular complexity index is 729. The number of likely N-dealkylation sites (N-methyl/N-ethyl adjacent to an activating group) is 1. The molecule has 0 aliphatic heterocycles. The minimum Gasteiger partial charge on any atom is -0.444 e. The summed E-state index contributed by atoms with van der Waals surface area (Å²) in [5.74, 6) is -0.360. The third-order valence-electron chi connectivity index (χ3n) is 3.66. The molecule has 2 amide bonds. The summed E-state index contributed by atoms with van der Waals surface area (Å²) in [7, 11) is 3.44. The van der Waals surface area contributed by atoms with Crippen molar-refractivity contribution in [3.8, 4) is 0 Å². The number of halogens is 1. The summed E-state index contributed by atoms with van der Waals surface area (Å²) in [4.78, 5) is 26.4. The van der Waals surface area contributed by atoms with Crippen molar-refractivity contribution in [1.29, 1.82) is 0 Å². The Morgan fingerprint density at radius 3 is 2.58 bits per heavy atom. The lowest BCUT2D eigenvalue weighted by atomic mass is 10.1. The number of hydrogen-bond donors (Lipinski definition) is 2. The summed E-state index contributed by atoms with van der Waals surface area (Å²) in [5, 5.41) is 5.91. The van der Waals surface area contributed by atoms with E-state index in [1.807, 2.05) is 14.0 Å². The van der Waals surface area contributed by atoms with Gasteiger partial charge in [0.15, 0.2) is 10.4 Å². The number of nitrogens with zero attached hydrogens (tertiary/aromatic N) is 1. The zero-order chi connectivity index (χ0) is 17.7. The lowest BCUT2D eigenvalue weighted by Gasteiger charge is -2.20. The number of rotatable bonds is 6. The zero-order valence-electron chi connectivity index (χ0n) is 13.8. The molecule has 0 radical (unpaired) electrons. The van der Waals surface area contributed by atoms with Crippen molar-refractivity contribution < 1.29 is 14.0 Å². The van der Waals surface area contributed by atoms with Gasteiger partial charge in [0.2, 0.25) is 0 Å². The fraction of sp³-hybridized carbons (Fsp3) is 0.294. The van der Waals surface area contributed by atoms with Crippen LogP contribution in [0.2, 0.25) is 0 Å². The number of carbonyl (C=O) groups excluding carboxylic acids is 2. The number of para-hydroxylation sites is 1. The van der Waals surface area contributed by atoms with Crippen molar-refractivity contribution in [2.45, 2.75) is 13.0 Å². The summed E-state index contributed by atoms with van der Waals surface area (Å²) < 4.78 is 5.78. The second kappa shape index (κ2) is 8.12. The smallest absolute Gasteiger partial charge is 0.293 e. The molecule has 1 heterocycles. The van der Waals surface area contributed by atoms with Crippen molar-refractivity contribution in [2.24, 2.45) is 0 Å². The standard InChI is InChI=1S/C17H20BrN3O3/c1-11(19-2)10-20-16(22)12-6-4-5-7-13(12)21(3)17(23)14-8-9-15(18)24-14/h4-9,11,19H,10H2,1-3H3,(H,20,22). The number of furan rings is 1. The fourth-order valence-corrected chi connectivity index (χ4v) is 2.41. The van der Waals surface area contributed by atoms with E-state index in [0.717, 1.165) is 0 Å².